The maximum absolute atomic E-state index is 13.1. The molecule has 33 heavy (non-hydrogen) atoms. The Labute approximate surface area is 191 Å². The molecule has 4 rings (SSSR count). The minimum Gasteiger partial charge on any atom is -0.497 e. The van der Waals surface area contributed by atoms with Crippen molar-refractivity contribution in [2.24, 2.45) is 0 Å². The van der Waals surface area contributed by atoms with E-state index in [-0.39, 0.29) is 11.3 Å². The van der Waals surface area contributed by atoms with Crippen LogP contribution in [0, 0.1) is 0 Å². The number of esters is 1. The predicted octanol–water partition coefficient (Wildman–Crippen LogP) is 3.04. The molecule has 0 aliphatic rings. The van der Waals surface area contributed by atoms with Crippen LogP contribution in [0.5, 0.6) is 5.75 Å². The summed E-state index contributed by atoms with van der Waals surface area (Å²) in [6.07, 6.45) is 1.69. The minimum atomic E-state index is -4.03. The van der Waals surface area contributed by atoms with Crippen LogP contribution in [0.25, 0.3) is 21.5 Å². The fraction of sp³-hybridized carbons (Fsp3) is 0.167. The molecule has 8 nitrogen and oxygen atoms in total. The van der Waals surface area contributed by atoms with Crippen molar-refractivity contribution in [3.63, 3.8) is 0 Å². The van der Waals surface area contributed by atoms with Gasteiger partial charge in [-0.15, -0.1) is 0 Å². The number of nitrogen functional groups attached to an aromatic ring is 1. The monoisotopic (exact) mass is 465 g/mol. The van der Waals surface area contributed by atoms with Gasteiger partial charge in [-0.05, 0) is 64.5 Å². The third kappa shape index (κ3) is 4.74. The average molecular weight is 466 g/mol. The summed E-state index contributed by atoms with van der Waals surface area (Å²) in [6.45, 7) is 0. The first-order chi connectivity index (χ1) is 15.8. The summed E-state index contributed by atoms with van der Waals surface area (Å²) in [6, 6.07) is 16.3. The Balaban J connectivity index is 1.65. The molecule has 0 spiro atoms. The van der Waals surface area contributed by atoms with Gasteiger partial charge in [-0.25, -0.2) is 13.4 Å². The number of nitrogens with zero attached hydrogens (tertiary/aromatic N) is 1. The van der Waals surface area contributed by atoms with Gasteiger partial charge in [0.2, 0.25) is 10.0 Å². The standard InChI is InChI=1S/C24H23N3O5S/c1-31-19-7-5-16-6-8-20(14-18(16)13-19)33(29,30)27-22(24(28)32-2)12-15-3-4-17-9-10-26-23(25)21(17)11-15/h3-11,13-14,22,27H,12H2,1-2H3,(H2,25,26). The van der Waals surface area contributed by atoms with Gasteiger partial charge in [0.15, 0.2) is 0 Å². The minimum absolute atomic E-state index is 0.0316. The van der Waals surface area contributed by atoms with E-state index in [9.17, 15) is 13.2 Å². The second-order valence-electron chi connectivity index (χ2n) is 7.53. The molecule has 0 radical (unpaired) electrons. The van der Waals surface area contributed by atoms with Crippen LogP contribution in [0.1, 0.15) is 5.56 Å². The highest BCUT2D eigenvalue weighted by Gasteiger charge is 2.27. The van der Waals surface area contributed by atoms with Crippen molar-refractivity contribution < 1.29 is 22.7 Å². The van der Waals surface area contributed by atoms with Gasteiger partial charge in [-0.1, -0.05) is 24.3 Å². The lowest BCUT2D eigenvalue weighted by atomic mass is 10.0. The van der Waals surface area contributed by atoms with Crippen LogP contribution >= 0.6 is 0 Å². The second-order valence-corrected chi connectivity index (χ2v) is 9.24. The van der Waals surface area contributed by atoms with Crippen molar-refractivity contribution >= 4 is 43.4 Å². The molecule has 0 saturated heterocycles. The summed E-state index contributed by atoms with van der Waals surface area (Å²) in [4.78, 5) is 16.6. The van der Waals surface area contributed by atoms with Crippen LogP contribution in [0.15, 0.2) is 71.8 Å². The number of pyridine rings is 1. The third-order valence-corrected chi connectivity index (χ3v) is 6.88. The number of nitrogens with one attached hydrogen (secondary N) is 1. The average Bonchev–Trinajstić information content (AvgIpc) is 2.82. The van der Waals surface area contributed by atoms with E-state index in [1.807, 2.05) is 24.3 Å². The zero-order valence-corrected chi connectivity index (χ0v) is 18.9. The lowest BCUT2D eigenvalue weighted by Gasteiger charge is -2.17. The van der Waals surface area contributed by atoms with Crippen LogP contribution in [-0.2, 0) is 26.0 Å². The van der Waals surface area contributed by atoms with Gasteiger partial charge in [0.1, 0.15) is 17.6 Å². The molecule has 1 aromatic heterocycles. The highest BCUT2D eigenvalue weighted by atomic mass is 32.2. The number of sulfonamides is 1. The van der Waals surface area contributed by atoms with Crippen molar-refractivity contribution in [1.29, 1.82) is 0 Å². The number of ether oxygens (including phenoxy) is 2. The number of aromatic nitrogens is 1. The highest BCUT2D eigenvalue weighted by Crippen LogP contribution is 2.25. The van der Waals surface area contributed by atoms with Crippen molar-refractivity contribution in [1.82, 2.24) is 9.71 Å². The zero-order chi connectivity index (χ0) is 23.6. The molecule has 4 aromatic rings. The van der Waals surface area contributed by atoms with Crippen LogP contribution in [-0.4, -0.2) is 39.6 Å². The molecule has 3 aromatic carbocycles. The largest absolute Gasteiger partial charge is 0.497 e. The Morgan fingerprint density at radius 2 is 1.76 bits per heavy atom. The first-order valence-electron chi connectivity index (χ1n) is 10.1. The van der Waals surface area contributed by atoms with Crippen LogP contribution < -0.4 is 15.2 Å². The number of rotatable bonds is 7. The van der Waals surface area contributed by atoms with E-state index < -0.39 is 22.0 Å². The Morgan fingerprint density at radius 3 is 2.52 bits per heavy atom. The number of benzene rings is 3. The fourth-order valence-corrected chi connectivity index (χ4v) is 4.89. The predicted molar refractivity (Wildman–Crippen MR) is 126 cm³/mol. The number of carbonyl (C=O) groups excluding carboxylic acids is 1. The molecule has 0 fully saturated rings. The molecule has 0 bridgehead atoms. The molecular formula is C24H23N3O5S. The molecule has 9 heteroatoms. The molecule has 0 saturated carbocycles. The van der Waals surface area contributed by atoms with Crippen LogP contribution in [0.2, 0.25) is 0 Å². The second kappa shape index (κ2) is 9.05. The molecule has 0 amide bonds. The summed E-state index contributed by atoms with van der Waals surface area (Å²) >= 11 is 0. The van der Waals surface area contributed by atoms with Crippen molar-refractivity contribution in [3.05, 3.63) is 72.4 Å². The summed E-state index contributed by atoms with van der Waals surface area (Å²) < 4.78 is 38.8. The van der Waals surface area contributed by atoms with E-state index in [1.165, 1.54) is 19.2 Å². The molecule has 1 atom stereocenters. The topological polar surface area (TPSA) is 121 Å². The zero-order valence-electron chi connectivity index (χ0n) is 18.1. The van der Waals surface area contributed by atoms with Gasteiger partial charge < -0.3 is 15.2 Å². The van der Waals surface area contributed by atoms with E-state index in [0.29, 0.717) is 22.5 Å². The van der Waals surface area contributed by atoms with Crippen LogP contribution in [0.4, 0.5) is 5.82 Å². The van der Waals surface area contributed by atoms with Gasteiger partial charge in [0, 0.05) is 11.6 Å². The van der Waals surface area contributed by atoms with Crippen LogP contribution in [0.3, 0.4) is 0 Å². The first-order valence-corrected chi connectivity index (χ1v) is 11.6. The summed E-state index contributed by atoms with van der Waals surface area (Å²) in [5.74, 6) is 0.277. The Bertz CT molecular complexity index is 1450. The quantitative estimate of drug-likeness (QED) is 0.403. The fourth-order valence-electron chi connectivity index (χ4n) is 3.67. The van der Waals surface area contributed by atoms with E-state index in [1.54, 1.807) is 37.6 Å². The molecule has 0 aliphatic carbocycles. The first kappa shape index (κ1) is 22.5. The normalized spacial score (nSPS) is 12.5. The SMILES string of the molecule is COC(=O)C(Cc1ccc2ccnc(N)c2c1)NS(=O)(=O)c1ccc2ccc(OC)cc2c1. The smallest absolute Gasteiger partial charge is 0.324 e. The molecule has 0 aliphatic heterocycles. The van der Waals surface area contributed by atoms with E-state index in [0.717, 1.165) is 16.2 Å². The summed E-state index contributed by atoms with van der Waals surface area (Å²) in [5, 5.41) is 3.18. The molecule has 1 unspecified atom stereocenters. The van der Waals surface area contributed by atoms with Gasteiger partial charge >= 0.3 is 5.97 Å². The molecule has 170 valence electrons. The number of carbonyl (C=O) groups is 1. The highest BCUT2D eigenvalue weighted by molar-refractivity contribution is 7.89. The Kier molecular flexibility index (Phi) is 6.17. The van der Waals surface area contributed by atoms with E-state index in [2.05, 4.69) is 9.71 Å². The lowest BCUT2D eigenvalue weighted by molar-refractivity contribution is -0.142. The Hall–Kier alpha value is -3.69. The number of nitrogens with two attached hydrogens (primary N) is 1. The number of anilines is 1. The third-order valence-electron chi connectivity index (χ3n) is 5.41. The van der Waals surface area contributed by atoms with E-state index in [4.69, 9.17) is 15.2 Å². The molecule has 3 N–H and O–H groups in total. The van der Waals surface area contributed by atoms with E-state index >= 15 is 0 Å². The lowest BCUT2D eigenvalue weighted by Crippen LogP contribution is -2.43. The van der Waals surface area contributed by atoms with Gasteiger partial charge in [-0.3, -0.25) is 4.79 Å². The number of hydrogen-bond acceptors (Lipinski definition) is 7. The van der Waals surface area contributed by atoms with Crippen molar-refractivity contribution in [3.8, 4) is 5.75 Å². The Morgan fingerprint density at radius 1 is 1.00 bits per heavy atom. The maximum Gasteiger partial charge on any atom is 0.324 e. The van der Waals surface area contributed by atoms with Gasteiger partial charge in [0.05, 0.1) is 19.1 Å². The van der Waals surface area contributed by atoms with Gasteiger partial charge in [-0.2, -0.15) is 4.72 Å². The van der Waals surface area contributed by atoms with Crippen molar-refractivity contribution in [2.45, 2.75) is 17.4 Å². The number of hydrogen-bond donors (Lipinski definition) is 2. The number of fused-ring (bicyclic) bond motifs is 2. The molecular weight excluding hydrogens is 442 g/mol. The van der Waals surface area contributed by atoms with Crippen molar-refractivity contribution in [2.75, 3.05) is 20.0 Å². The number of methoxy groups -OCH3 is 2. The maximum atomic E-state index is 13.1. The molecule has 1 heterocycles. The summed E-state index contributed by atoms with van der Waals surface area (Å²) in [5.41, 5.74) is 6.67. The summed E-state index contributed by atoms with van der Waals surface area (Å²) in [7, 11) is -1.27. The van der Waals surface area contributed by atoms with Gasteiger partial charge in [0.25, 0.3) is 0 Å².